The summed E-state index contributed by atoms with van der Waals surface area (Å²) in [6.07, 6.45) is 0. The van der Waals surface area contributed by atoms with E-state index in [4.69, 9.17) is 4.74 Å². The lowest BCUT2D eigenvalue weighted by atomic mass is 10.1. The standard InChI is InChI=1S/C18H18N2O2S/c1-13-6-8-14(9-7-13)10-19-17(21)11-22-12-18-20-15-4-2-3-5-16(15)23-18/h2-9H,10-12H2,1H3,(H,19,21). The first-order chi connectivity index (χ1) is 11.2. The quantitative estimate of drug-likeness (QED) is 0.755. The van der Waals surface area contributed by atoms with Crippen molar-refractivity contribution in [3.8, 4) is 0 Å². The summed E-state index contributed by atoms with van der Waals surface area (Å²) in [6.45, 7) is 2.96. The molecule has 5 heteroatoms. The van der Waals surface area contributed by atoms with Crippen LogP contribution in [0.4, 0.5) is 0 Å². The van der Waals surface area contributed by atoms with Crippen molar-refractivity contribution >= 4 is 27.5 Å². The number of carbonyl (C=O) groups is 1. The Morgan fingerprint density at radius 2 is 1.96 bits per heavy atom. The molecule has 0 aliphatic carbocycles. The fourth-order valence-corrected chi connectivity index (χ4v) is 3.08. The molecule has 0 spiro atoms. The van der Waals surface area contributed by atoms with E-state index in [-0.39, 0.29) is 12.5 Å². The molecule has 118 valence electrons. The SMILES string of the molecule is Cc1ccc(CNC(=O)COCc2nc3ccccc3s2)cc1. The van der Waals surface area contributed by atoms with Crippen LogP contribution in [0.2, 0.25) is 0 Å². The third-order valence-electron chi connectivity index (χ3n) is 3.41. The molecule has 1 amide bonds. The third kappa shape index (κ3) is 4.37. The van der Waals surface area contributed by atoms with Crippen LogP contribution in [0.1, 0.15) is 16.1 Å². The normalized spacial score (nSPS) is 10.8. The molecule has 0 saturated carbocycles. The van der Waals surface area contributed by atoms with E-state index in [0.29, 0.717) is 13.2 Å². The fraction of sp³-hybridized carbons (Fsp3) is 0.222. The van der Waals surface area contributed by atoms with E-state index in [2.05, 4.69) is 10.3 Å². The molecule has 0 unspecified atom stereocenters. The number of amides is 1. The van der Waals surface area contributed by atoms with Gasteiger partial charge in [-0.1, -0.05) is 42.0 Å². The summed E-state index contributed by atoms with van der Waals surface area (Å²) < 4.78 is 6.59. The van der Waals surface area contributed by atoms with Crippen molar-refractivity contribution in [2.45, 2.75) is 20.1 Å². The summed E-state index contributed by atoms with van der Waals surface area (Å²) in [4.78, 5) is 16.3. The van der Waals surface area contributed by atoms with Crippen molar-refractivity contribution in [1.29, 1.82) is 0 Å². The number of nitrogens with one attached hydrogen (secondary N) is 1. The first-order valence-electron chi connectivity index (χ1n) is 7.45. The highest BCUT2D eigenvalue weighted by Crippen LogP contribution is 2.21. The summed E-state index contributed by atoms with van der Waals surface area (Å²) in [7, 11) is 0. The van der Waals surface area contributed by atoms with E-state index >= 15 is 0 Å². The van der Waals surface area contributed by atoms with E-state index in [0.717, 1.165) is 20.8 Å². The van der Waals surface area contributed by atoms with Gasteiger partial charge in [-0.05, 0) is 24.6 Å². The zero-order valence-electron chi connectivity index (χ0n) is 12.9. The number of fused-ring (bicyclic) bond motifs is 1. The van der Waals surface area contributed by atoms with Crippen molar-refractivity contribution in [3.63, 3.8) is 0 Å². The molecule has 3 aromatic rings. The maximum Gasteiger partial charge on any atom is 0.246 e. The molecule has 1 heterocycles. The van der Waals surface area contributed by atoms with Crippen molar-refractivity contribution in [3.05, 3.63) is 64.7 Å². The molecular formula is C18H18N2O2S. The lowest BCUT2D eigenvalue weighted by molar-refractivity contribution is -0.126. The molecular weight excluding hydrogens is 308 g/mol. The number of benzene rings is 2. The van der Waals surface area contributed by atoms with E-state index in [1.165, 1.54) is 5.56 Å². The van der Waals surface area contributed by atoms with Gasteiger partial charge in [0, 0.05) is 6.54 Å². The third-order valence-corrected chi connectivity index (χ3v) is 4.42. The highest BCUT2D eigenvalue weighted by molar-refractivity contribution is 7.18. The largest absolute Gasteiger partial charge is 0.364 e. The van der Waals surface area contributed by atoms with Gasteiger partial charge in [0.2, 0.25) is 5.91 Å². The summed E-state index contributed by atoms with van der Waals surface area (Å²) in [6, 6.07) is 16.1. The lowest BCUT2D eigenvalue weighted by Gasteiger charge is -2.06. The van der Waals surface area contributed by atoms with Crippen LogP contribution in [0, 0.1) is 6.92 Å². The molecule has 0 aliphatic heterocycles. The maximum absolute atomic E-state index is 11.8. The number of aromatic nitrogens is 1. The average molecular weight is 326 g/mol. The second kappa shape index (κ2) is 7.35. The van der Waals surface area contributed by atoms with E-state index in [1.54, 1.807) is 11.3 Å². The number of rotatable bonds is 6. The Labute approximate surface area is 139 Å². The van der Waals surface area contributed by atoms with E-state index in [1.807, 2.05) is 55.5 Å². The monoisotopic (exact) mass is 326 g/mol. The van der Waals surface area contributed by atoms with Gasteiger partial charge < -0.3 is 10.1 Å². The molecule has 23 heavy (non-hydrogen) atoms. The van der Waals surface area contributed by atoms with Gasteiger partial charge in [0.15, 0.2) is 0 Å². The Hall–Kier alpha value is -2.24. The van der Waals surface area contributed by atoms with Crippen LogP contribution in [-0.4, -0.2) is 17.5 Å². The van der Waals surface area contributed by atoms with Crippen molar-refractivity contribution in [1.82, 2.24) is 10.3 Å². The predicted molar refractivity (Wildman–Crippen MR) is 92.3 cm³/mol. The molecule has 0 bridgehead atoms. The molecule has 1 N–H and O–H groups in total. The van der Waals surface area contributed by atoms with E-state index in [9.17, 15) is 4.79 Å². The van der Waals surface area contributed by atoms with Crippen LogP contribution in [0.5, 0.6) is 0 Å². The van der Waals surface area contributed by atoms with Crippen LogP contribution in [-0.2, 0) is 22.7 Å². The Bertz CT molecular complexity index is 763. The van der Waals surface area contributed by atoms with Gasteiger partial charge in [-0.3, -0.25) is 4.79 Å². The topological polar surface area (TPSA) is 51.2 Å². The van der Waals surface area contributed by atoms with Gasteiger partial charge in [-0.2, -0.15) is 0 Å². The number of carbonyl (C=O) groups excluding carboxylic acids is 1. The van der Waals surface area contributed by atoms with Crippen molar-refractivity contribution in [2.24, 2.45) is 0 Å². The smallest absolute Gasteiger partial charge is 0.246 e. The summed E-state index contributed by atoms with van der Waals surface area (Å²) >= 11 is 1.59. The molecule has 4 nitrogen and oxygen atoms in total. The Morgan fingerprint density at radius 1 is 1.17 bits per heavy atom. The minimum absolute atomic E-state index is 0.0434. The van der Waals surface area contributed by atoms with Crippen LogP contribution in [0.15, 0.2) is 48.5 Å². The lowest BCUT2D eigenvalue weighted by Crippen LogP contribution is -2.27. The highest BCUT2D eigenvalue weighted by Gasteiger charge is 2.05. The van der Waals surface area contributed by atoms with Crippen LogP contribution < -0.4 is 5.32 Å². The second-order valence-electron chi connectivity index (χ2n) is 5.33. The summed E-state index contributed by atoms with van der Waals surface area (Å²) in [5, 5.41) is 3.74. The highest BCUT2D eigenvalue weighted by atomic mass is 32.1. The fourth-order valence-electron chi connectivity index (χ4n) is 2.17. The number of ether oxygens (including phenoxy) is 1. The molecule has 2 aromatic carbocycles. The van der Waals surface area contributed by atoms with Gasteiger partial charge >= 0.3 is 0 Å². The number of aryl methyl sites for hydroxylation is 1. The molecule has 0 atom stereocenters. The van der Waals surface area contributed by atoms with Gasteiger partial charge in [0.25, 0.3) is 0 Å². The van der Waals surface area contributed by atoms with E-state index < -0.39 is 0 Å². The first kappa shape index (κ1) is 15.6. The Morgan fingerprint density at radius 3 is 2.74 bits per heavy atom. The predicted octanol–water partition coefficient (Wildman–Crippen LogP) is 3.44. The van der Waals surface area contributed by atoms with Crippen LogP contribution >= 0.6 is 11.3 Å². The first-order valence-corrected chi connectivity index (χ1v) is 8.27. The minimum atomic E-state index is -0.119. The zero-order chi connectivity index (χ0) is 16.1. The molecule has 0 saturated heterocycles. The number of hydrogen-bond acceptors (Lipinski definition) is 4. The average Bonchev–Trinajstić information content (AvgIpc) is 2.97. The van der Waals surface area contributed by atoms with Gasteiger partial charge in [-0.15, -0.1) is 11.3 Å². The van der Waals surface area contributed by atoms with Gasteiger partial charge in [0.1, 0.15) is 11.6 Å². The summed E-state index contributed by atoms with van der Waals surface area (Å²) in [5.74, 6) is -0.119. The van der Waals surface area contributed by atoms with Crippen molar-refractivity contribution in [2.75, 3.05) is 6.61 Å². The Kier molecular flexibility index (Phi) is 5.00. The molecule has 3 rings (SSSR count). The van der Waals surface area contributed by atoms with Crippen LogP contribution in [0.3, 0.4) is 0 Å². The maximum atomic E-state index is 11.8. The molecule has 0 aliphatic rings. The van der Waals surface area contributed by atoms with Crippen molar-refractivity contribution < 1.29 is 9.53 Å². The second-order valence-corrected chi connectivity index (χ2v) is 6.45. The molecule has 0 radical (unpaired) electrons. The number of nitrogens with zero attached hydrogens (tertiary/aromatic N) is 1. The van der Waals surface area contributed by atoms with Gasteiger partial charge in [0.05, 0.1) is 16.8 Å². The van der Waals surface area contributed by atoms with Crippen LogP contribution in [0.25, 0.3) is 10.2 Å². The van der Waals surface area contributed by atoms with Gasteiger partial charge in [-0.25, -0.2) is 4.98 Å². The number of thiazole rings is 1. The number of para-hydroxylation sites is 1. The molecule has 0 fully saturated rings. The zero-order valence-corrected chi connectivity index (χ0v) is 13.7. The Balaban J connectivity index is 1.43. The minimum Gasteiger partial charge on any atom is -0.364 e. The summed E-state index contributed by atoms with van der Waals surface area (Å²) in [5.41, 5.74) is 3.26. The molecule has 1 aromatic heterocycles. The number of hydrogen-bond donors (Lipinski definition) is 1.